The van der Waals surface area contributed by atoms with Crippen LogP contribution in [0.1, 0.15) is 46.2 Å². The average Bonchev–Trinajstić information content (AvgIpc) is 2.42. The Morgan fingerprint density at radius 1 is 1.17 bits per heavy atom. The molecule has 0 heterocycles. The van der Waals surface area contributed by atoms with Gasteiger partial charge in [0.2, 0.25) is 0 Å². The van der Waals surface area contributed by atoms with Crippen LogP contribution >= 0.6 is 0 Å². The van der Waals surface area contributed by atoms with E-state index in [0.717, 1.165) is 5.69 Å². The van der Waals surface area contributed by atoms with Gasteiger partial charge in [-0.15, -0.1) is 0 Å². The Hall–Kier alpha value is -2.24. The molecule has 1 aromatic carbocycles. The second-order valence-corrected chi connectivity index (χ2v) is 7.60. The predicted octanol–water partition coefficient (Wildman–Crippen LogP) is 3.43. The fraction of sp³-hybridized carbons (Fsp3) is 0.556. The number of nitrogens with zero attached hydrogens (tertiary/aromatic N) is 1. The molecule has 0 radical (unpaired) electrons. The van der Waals surface area contributed by atoms with Crippen LogP contribution in [0.5, 0.6) is 0 Å². The van der Waals surface area contributed by atoms with E-state index in [0.29, 0.717) is 5.56 Å². The SMILES string of the molecule is CN(C)c1cccc([C@@H](NC(=O)OC(C)(C)C)C(C)(C)C(=O)O)c1. The predicted molar refractivity (Wildman–Crippen MR) is 94.3 cm³/mol. The Morgan fingerprint density at radius 3 is 2.21 bits per heavy atom. The van der Waals surface area contributed by atoms with Gasteiger partial charge in [-0.05, 0) is 52.3 Å². The standard InChI is InChI=1S/C18H28N2O4/c1-17(2,3)24-16(23)19-14(18(4,5)15(21)22)12-9-8-10-13(11-12)20(6)7/h8-11,14H,1-7H3,(H,19,23)(H,21,22)/t14-/m1/s1. The number of carboxylic acids is 1. The average molecular weight is 336 g/mol. The molecule has 1 amide bonds. The molecule has 1 atom stereocenters. The summed E-state index contributed by atoms with van der Waals surface area (Å²) in [5.41, 5.74) is -0.237. The van der Waals surface area contributed by atoms with Crippen LogP contribution in [0, 0.1) is 5.41 Å². The number of hydrogen-bond acceptors (Lipinski definition) is 4. The summed E-state index contributed by atoms with van der Waals surface area (Å²) in [4.78, 5) is 25.8. The third-order valence-corrected chi connectivity index (χ3v) is 3.65. The molecule has 0 bridgehead atoms. The van der Waals surface area contributed by atoms with Crippen LogP contribution in [0.4, 0.5) is 10.5 Å². The van der Waals surface area contributed by atoms with Gasteiger partial charge in [-0.2, -0.15) is 0 Å². The van der Waals surface area contributed by atoms with Crippen molar-refractivity contribution in [1.82, 2.24) is 5.32 Å². The van der Waals surface area contributed by atoms with Crippen molar-refractivity contribution in [1.29, 1.82) is 0 Å². The summed E-state index contributed by atoms with van der Waals surface area (Å²) in [5, 5.41) is 12.3. The maximum atomic E-state index is 12.2. The number of hydrogen-bond donors (Lipinski definition) is 2. The van der Waals surface area contributed by atoms with Gasteiger partial charge in [-0.25, -0.2) is 4.79 Å². The zero-order chi connectivity index (χ0) is 18.7. The van der Waals surface area contributed by atoms with Crippen LogP contribution < -0.4 is 10.2 Å². The lowest BCUT2D eigenvalue weighted by molar-refractivity contribution is -0.148. The van der Waals surface area contributed by atoms with Crippen LogP contribution in [-0.4, -0.2) is 36.9 Å². The first-order valence-corrected chi connectivity index (χ1v) is 7.85. The third kappa shape index (κ3) is 5.15. The van der Waals surface area contributed by atoms with Crippen molar-refractivity contribution in [3.63, 3.8) is 0 Å². The molecule has 2 N–H and O–H groups in total. The van der Waals surface area contributed by atoms with Gasteiger partial charge in [0, 0.05) is 19.8 Å². The zero-order valence-corrected chi connectivity index (χ0v) is 15.5. The Kier molecular flexibility index (Phi) is 5.87. The summed E-state index contributed by atoms with van der Waals surface area (Å²) in [6.45, 7) is 8.45. The van der Waals surface area contributed by atoms with Crippen LogP contribution in [-0.2, 0) is 9.53 Å². The van der Waals surface area contributed by atoms with Crippen LogP contribution in [0.15, 0.2) is 24.3 Å². The molecule has 1 aromatic rings. The Balaban J connectivity index is 3.22. The maximum Gasteiger partial charge on any atom is 0.408 e. The van der Waals surface area contributed by atoms with E-state index in [1.807, 2.05) is 37.2 Å². The summed E-state index contributed by atoms with van der Waals surface area (Å²) in [6.07, 6.45) is -0.642. The molecule has 0 aliphatic heterocycles. The Morgan fingerprint density at radius 2 is 1.75 bits per heavy atom. The quantitative estimate of drug-likeness (QED) is 0.861. The fourth-order valence-corrected chi connectivity index (χ4v) is 2.21. The van der Waals surface area contributed by atoms with Crippen molar-refractivity contribution in [2.75, 3.05) is 19.0 Å². The molecule has 6 heteroatoms. The Labute approximate surface area is 143 Å². The van der Waals surface area contributed by atoms with Crippen molar-refractivity contribution in [3.05, 3.63) is 29.8 Å². The van der Waals surface area contributed by atoms with E-state index in [1.165, 1.54) is 0 Å². The van der Waals surface area contributed by atoms with E-state index in [4.69, 9.17) is 4.74 Å². The van der Waals surface area contributed by atoms with E-state index in [-0.39, 0.29) is 0 Å². The minimum Gasteiger partial charge on any atom is -0.481 e. The molecule has 0 fully saturated rings. The first-order valence-electron chi connectivity index (χ1n) is 7.85. The van der Waals surface area contributed by atoms with Gasteiger partial charge in [0.05, 0.1) is 11.5 Å². The van der Waals surface area contributed by atoms with Gasteiger partial charge in [0.25, 0.3) is 0 Å². The number of amides is 1. The lowest BCUT2D eigenvalue weighted by Crippen LogP contribution is -2.44. The smallest absolute Gasteiger partial charge is 0.408 e. The molecular formula is C18H28N2O4. The number of rotatable bonds is 5. The number of aliphatic carboxylic acids is 1. The number of carboxylic acid groups (broad SMARTS) is 1. The zero-order valence-electron chi connectivity index (χ0n) is 15.5. The van der Waals surface area contributed by atoms with E-state index >= 15 is 0 Å². The van der Waals surface area contributed by atoms with E-state index < -0.39 is 29.1 Å². The molecule has 6 nitrogen and oxygen atoms in total. The lowest BCUT2D eigenvalue weighted by atomic mass is 9.80. The second kappa shape index (κ2) is 7.11. The van der Waals surface area contributed by atoms with E-state index in [1.54, 1.807) is 40.7 Å². The highest BCUT2D eigenvalue weighted by atomic mass is 16.6. The second-order valence-electron chi connectivity index (χ2n) is 7.60. The van der Waals surface area contributed by atoms with Crippen molar-refractivity contribution < 1.29 is 19.4 Å². The van der Waals surface area contributed by atoms with Gasteiger partial charge >= 0.3 is 12.1 Å². The molecule has 0 unspecified atom stereocenters. The van der Waals surface area contributed by atoms with Gasteiger partial charge in [0.15, 0.2) is 0 Å². The topological polar surface area (TPSA) is 78.9 Å². The first-order chi connectivity index (χ1) is 10.8. The summed E-state index contributed by atoms with van der Waals surface area (Å²) in [5.74, 6) is -1.00. The molecule has 0 aliphatic rings. The van der Waals surface area contributed by atoms with Gasteiger partial charge in [-0.1, -0.05) is 12.1 Å². The van der Waals surface area contributed by atoms with Crippen LogP contribution in [0.2, 0.25) is 0 Å². The monoisotopic (exact) mass is 336 g/mol. The van der Waals surface area contributed by atoms with Crippen molar-refractivity contribution in [3.8, 4) is 0 Å². The van der Waals surface area contributed by atoms with Gasteiger partial charge < -0.3 is 20.1 Å². The highest BCUT2D eigenvalue weighted by Gasteiger charge is 2.40. The highest BCUT2D eigenvalue weighted by Crippen LogP contribution is 2.35. The summed E-state index contributed by atoms with van der Waals surface area (Å²) < 4.78 is 5.29. The summed E-state index contributed by atoms with van der Waals surface area (Å²) in [6, 6.07) is 6.70. The number of alkyl carbamates (subject to hydrolysis) is 1. The molecule has 0 saturated heterocycles. The van der Waals surface area contributed by atoms with E-state index in [9.17, 15) is 14.7 Å². The molecule has 0 aliphatic carbocycles. The maximum absolute atomic E-state index is 12.2. The van der Waals surface area contributed by atoms with Crippen molar-refractivity contribution >= 4 is 17.7 Å². The number of ether oxygens (including phenoxy) is 1. The number of nitrogens with one attached hydrogen (secondary N) is 1. The van der Waals surface area contributed by atoms with Crippen molar-refractivity contribution in [2.45, 2.75) is 46.3 Å². The van der Waals surface area contributed by atoms with Gasteiger partial charge in [0.1, 0.15) is 5.60 Å². The molecule has 134 valence electrons. The van der Waals surface area contributed by atoms with Crippen LogP contribution in [0.25, 0.3) is 0 Å². The number of carbonyl (C=O) groups excluding carboxylic acids is 1. The third-order valence-electron chi connectivity index (χ3n) is 3.65. The molecule has 1 rings (SSSR count). The molecule has 0 aromatic heterocycles. The Bertz CT molecular complexity index is 603. The summed E-state index contributed by atoms with van der Waals surface area (Å²) in [7, 11) is 3.80. The number of benzene rings is 1. The normalized spacial score (nSPS) is 13.1. The first kappa shape index (κ1) is 19.8. The minimum atomic E-state index is -1.21. The lowest BCUT2D eigenvalue weighted by Gasteiger charge is -2.33. The fourth-order valence-electron chi connectivity index (χ4n) is 2.21. The van der Waals surface area contributed by atoms with Crippen molar-refractivity contribution in [2.24, 2.45) is 5.41 Å². The summed E-state index contributed by atoms with van der Waals surface area (Å²) >= 11 is 0. The van der Waals surface area contributed by atoms with E-state index in [2.05, 4.69) is 5.32 Å². The molecule has 24 heavy (non-hydrogen) atoms. The number of carbonyl (C=O) groups is 2. The minimum absolute atomic E-state index is 0.642. The molecule has 0 saturated carbocycles. The molecule has 0 spiro atoms. The molecular weight excluding hydrogens is 308 g/mol. The van der Waals surface area contributed by atoms with Crippen LogP contribution in [0.3, 0.4) is 0 Å². The van der Waals surface area contributed by atoms with Gasteiger partial charge in [-0.3, -0.25) is 4.79 Å². The largest absolute Gasteiger partial charge is 0.481 e. The highest BCUT2D eigenvalue weighted by molar-refractivity contribution is 5.77. The number of anilines is 1.